The highest BCUT2D eigenvalue weighted by molar-refractivity contribution is 5.53. The number of aromatic hydroxyl groups is 1. The SMILES string of the molecule is Nc1ccc(O)cc1C(O)c1cccc(F)c1. The third-order valence-corrected chi connectivity index (χ3v) is 2.53. The lowest BCUT2D eigenvalue weighted by Crippen LogP contribution is -2.03. The number of nitrogens with two attached hydrogens (primary N) is 1. The smallest absolute Gasteiger partial charge is 0.123 e. The Kier molecular flexibility index (Phi) is 2.97. The molecule has 0 aliphatic rings. The van der Waals surface area contributed by atoms with E-state index in [9.17, 15) is 14.6 Å². The van der Waals surface area contributed by atoms with Crippen LogP contribution < -0.4 is 5.73 Å². The zero-order chi connectivity index (χ0) is 12.4. The van der Waals surface area contributed by atoms with Crippen LogP contribution in [0.3, 0.4) is 0 Å². The van der Waals surface area contributed by atoms with Crippen molar-refractivity contribution in [2.24, 2.45) is 0 Å². The van der Waals surface area contributed by atoms with Gasteiger partial charge in [0.1, 0.15) is 17.7 Å². The van der Waals surface area contributed by atoms with Crippen LogP contribution in [-0.2, 0) is 0 Å². The van der Waals surface area contributed by atoms with E-state index in [1.807, 2.05) is 0 Å². The van der Waals surface area contributed by atoms with Gasteiger partial charge in [0.2, 0.25) is 0 Å². The van der Waals surface area contributed by atoms with Gasteiger partial charge in [-0.25, -0.2) is 4.39 Å². The van der Waals surface area contributed by atoms with Crippen molar-refractivity contribution in [2.45, 2.75) is 6.10 Å². The summed E-state index contributed by atoms with van der Waals surface area (Å²) in [4.78, 5) is 0. The van der Waals surface area contributed by atoms with Crippen molar-refractivity contribution in [3.63, 3.8) is 0 Å². The number of aliphatic hydroxyl groups excluding tert-OH is 1. The van der Waals surface area contributed by atoms with Crippen molar-refractivity contribution >= 4 is 5.69 Å². The first kappa shape index (κ1) is 11.4. The van der Waals surface area contributed by atoms with Crippen molar-refractivity contribution in [2.75, 3.05) is 5.73 Å². The number of hydrogen-bond acceptors (Lipinski definition) is 3. The van der Waals surface area contributed by atoms with Crippen LogP contribution in [0.25, 0.3) is 0 Å². The molecule has 0 amide bonds. The molecular weight excluding hydrogens is 221 g/mol. The average molecular weight is 233 g/mol. The quantitative estimate of drug-likeness (QED) is 0.550. The zero-order valence-electron chi connectivity index (χ0n) is 8.97. The van der Waals surface area contributed by atoms with Crippen LogP contribution in [0, 0.1) is 5.82 Å². The molecule has 0 saturated carbocycles. The van der Waals surface area contributed by atoms with Crippen LogP contribution in [0.1, 0.15) is 17.2 Å². The molecule has 1 atom stereocenters. The molecule has 0 bridgehead atoms. The standard InChI is InChI=1S/C13H12FNO2/c14-9-3-1-2-8(6-9)13(17)11-7-10(16)4-5-12(11)15/h1-7,13,16-17H,15H2. The number of aliphatic hydroxyl groups is 1. The molecule has 0 radical (unpaired) electrons. The number of phenols is 1. The lowest BCUT2D eigenvalue weighted by atomic mass is 10.00. The number of phenolic OH excluding ortho intramolecular Hbond substituents is 1. The lowest BCUT2D eigenvalue weighted by Gasteiger charge is -2.14. The molecule has 0 saturated heterocycles. The van der Waals surface area contributed by atoms with Crippen LogP contribution >= 0.6 is 0 Å². The van der Waals surface area contributed by atoms with E-state index in [1.54, 1.807) is 6.07 Å². The predicted molar refractivity (Wildman–Crippen MR) is 63.0 cm³/mol. The Morgan fingerprint density at radius 3 is 2.59 bits per heavy atom. The molecule has 0 aromatic heterocycles. The maximum Gasteiger partial charge on any atom is 0.123 e. The second-order valence-corrected chi connectivity index (χ2v) is 3.77. The molecule has 0 fully saturated rings. The number of anilines is 1. The highest BCUT2D eigenvalue weighted by atomic mass is 19.1. The molecule has 2 aromatic carbocycles. The minimum atomic E-state index is -1.06. The Labute approximate surface area is 97.9 Å². The van der Waals surface area contributed by atoms with Crippen LogP contribution in [0.2, 0.25) is 0 Å². The van der Waals surface area contributed by atoms with Crippen molar-refractivity contribution in [1.82, 2.24) is 0 Å². The van der Waals surface area contributed by atoms with Crippen LogP contribution in [0.5, 0.6) is 5.75 Å². The summed E-state index contributed by atoms with van der Waals surface area (Å²) in [7, 11) is 0. The predicted octanol–water partition coefficient (Wildman–Crippen LogP) is 2.20. The Balaban J connectivity index is 2.43. The maximum atomic E-state index is 13.0. The number of hydrogen-bond donors (Lipinski definition) is 3. The first-order valence-corrected chi connectivity index (χ1v) is 5.10. The maximum absolute atomic E-state index is 13.0. The molecule has 0 spiro atoms. The molecule has 2 rings (SSSR count). The number of nitrogen functional groups attached to an aromatic ring is 1. The normalized spacial score (nSPS) is 12.4. The Bertz CT molecular complexity index is 543. The molecular formula is C13H12FNO2. The minimum absolute atomic E-state index is 0.00431. The highest BCUT2D eigenvalue weighted by Crippen LogP contribution is 2.29. The average Bonchev–Trinajstić information content (AvgIpc) is 2.31. The second-order valence-electron chi connectivity index (χ2n) is 3.77. The van der Waals surface area contributed by atoms with Crippen molar-refractivity contribution in [1.29, 1.82) is 0 Å². The summed E-state index contributed by atoms with van der Waals surface area (Å²) < 4.78 is 13.0. The van der Waals surface area contributed by atoms with Gasteiger partial charge in [0.15, 0.2) is 0 Å². The molecule has 4 N–H and O–H groups in total. The van der Waals surface area contributed by atoms with E-state index in [0.717, 1.165) is 0 Å². The molecule has 17 heavy (non-hydrogen) atoms. The van der Waals surface area contributed by atoms with E-state index in [-0.39, 0.29) is 5.75 Å². The fourth-order valence-electron chi connectivity index (χ4n) is 1.66. The Morgan fingerprint density at radius 1 is 1.12 bits per heavy atom. The van der Waals surface area contributed by atoms with E-state index in [2.05, 4.69) is 0 Å². The van der Waals surface area contributed by atoms with Crippen LogP contribution in [0.4, 0.5) is 10.1 Å². The second kappa shape index (κ2) is 4.43. The molecule has 0 heterocycles. The van der Waals surface area contributed by atoms with Crippen LogP contribution in [-0.4, -0.2) is 10.2 Å². The number of halogens is 1. The van der Waals surface area contributed by atoms with Gasteiger partial charge in [-0.05, 0) is 35.9 Å². The summed E-state index contributed by atoms with van der Waals surface area (Å²) in [6.45, 7) is 0. The first-order valence-electron chi connectivity index (χ1n) is 5.10. The molecule has 1 unspecified atom stereocenters. The van der Waals surface area contributed by atoms with Gasteiger partial charge in [0.25, 0.3) is 0 Å². The van der Waals surface area contributed by atoms with E-state index < -0.39 is 11.9 Å². The fourth-order valence-corrected chi connectivity index (χ4v) is 1.66. The molecule has 0 aliphatic carbocycles. The van der Waals surface area contributed by atoms with E-state index >= 15 is 0 Å². The van der Waals surface area contributed by atoms with E-state index in [1.165, 1.54) is 36.4 Å². The largest absolute Gasteiger partial charge is 0.508 e. The first-order chi connectivity index (χ1) is 8.08. The summed E-state index contributed by atoms with van der Waals surface area (Å²) in [5, 5.41) is 19.4. The summed E-state index contributed by atoms with van der Waals surface area (Å²) in [5.41, 5.74) is 6.80. The summed E-state index contributed by atoms with van der Waals surface area (Å²) in [6, 6.07) is 9.91. The Morgan fingerprint density at radius 2 is 1.88 bits per heavy atom. The van der Waals surface area contributed by atoms with Crippen molar-refractivity contribution in [3.8, 4) is 5.75 Å². The Hall–Kier alpha value is -2.07. The van der Waals surface area contributed by atoms with Crippen molar-refractivity contribution < 1.29 is 14.6 Å². The summed E-state index contributed by atoms with van der Waals surface area (Å²) >= 11 is 0. The van der Waals surface area contributed by atoms with Gasteiger partial charge in [-0.1, -0.05) is 12.1 Å². The van der Waals surface area contributed by atoms with Crippen molar-refractivity contribution in [3.05, 3.63) is 59.4 Å². The third kappa shape index (κ3) is 2.37. The monoisotopic (exact) mass is 233 g/mol. The molecule has 3 nitrogen and oxygen atoms in total. The van der Waals surface area contributed by atoms with Gasteiger partial charge < -0.3 is 15.9 Å². The van der Waals surface area contributed by atoms with Gasteiger partial charge in [0.05, 0.1) is 0 Å². The summed E-state index contributed by atoms with van der Waals surface area (Å²) in [6.07, 6.45) is -1.06. The van der Waals surface area contributed by atoms with Gasteiger partial charge in [-0.2, -0.15) is 0 Å². The molecule has 4 heteroatoms. The topological polar surface area (TPSA) is 66.5 Å². The van der Waals surface area contributed by atoms with Gasteiger partial charge in [-0.15, -0.1) is 0 Å². The zero-order valence-corrected chi connectivity index (χ0v) is 8.97. The minimum Gasteiger partial charge on any atom is -0.508 e. The molecule has 88 valence electrons. The third-order valence-electron chi connectivity index (χ3n) is 2.53. The lowest BCUT2D eigenvalue weighted by molar-refractivity contribution is 0.220. The van der Waals surface area contributed by atoms with E-state index in [4.69, 9.17) is 5.73 Å². The molecule has 0 aliphatic heterocycles. The number of benzene rings is 2. The van der Waals surface area contributed by atoms with Gasteiger partial charge in [0, 0.05) is 11.3 Å². The fraction of sp³-hybridized carbons (Fsp3) is 0.0769. The van der Waals surface area contributed by atoms with E-state index in [0.29, 0.717) is 16.8 Å². The highest BCUT2D eigenvalue weighted by Gasteiger charge is 2.14. The molecule has 2 aromatic rings. The van der Waals surface area contributed by atoms with Gasteiger partial charge in [-0.3, -0.25) is 0 Å². The number of rotatable bonds is 2. The summed E-state index contributed by atoms with van der Waals surface area (Å²) in [5.74, 6) is -0.426. The van der Waals surface area contributed by atoms with Gasteiger partial charge >= 0.3 is 0 Å². The van der Waals surface area contributed by atoms with Crippen LogP contribution in [0.15, 0.2) is 42.5 Å².